The van der Waals surface area contributed by atoms with Crippen LogP contribution in [0.25, 0.3) is 0 Å². The molecule has 1 amide bonds. The van der Waals surface area contributed by atoms with Crippen LogP contribution < -0.4 is 5.73 Å². The van der Waals surface area contributed by atoms with Gasteiger partial charge in [-0.05, 0) is 37.4 Å². The van der Waals surface area contributed by atoms with Crippen molar-refractivity contribution >= 4 is 11.6 Å². The Morgan fingerprint density at radius 2 is 2.32 bits per heavy atom. The van der Waals surface area contributed by atoms with Crippen LogP contribution in [0.1, 0.15) is 22.3 Å². The van der Waals surface area contributed by atoms with Crippen molar-refractivity contribution in [3.63, 3.8) is 0 Å². The third-order valence-corrected chi connectivity index (χ3v) is 3.56. The minimum atomic E-state index is -0.457. The molecule has 1 saturated heterocycles. The summed E-state index contributed by atoms with van der Waals surface area (Å²) in [7, 11) is 0. The van der Waals surface area contributed by atoms with Crippen LogP contribution in [-0.4, -0.2) is 35.4 Å². The molecule has 0 saturated carbocycles. The van der Waals surface area contributed by atoms with E-state index < -0.39 is 4.92 Å². The quantitative estimate of drug-likeness (QED) is 0.658. The summed E-state index contributed by atoms with van der Waals surface area (Å²) in [6.07, 6.45) is 0.925. The van der Waals surface area contributed by atoms with Gasteiger partial charge in [-0.1, -0.05) is 0 Å². The summed E-state index contributed by atoms with van der Waals surface area (Å²) in [5.74, 6) is 0.297. The number of likely N-dealkylation sites (tertiary alicyclic amines) is 1. The number of nitro groups is 1. The molecule has 1 fully saturated rings. The highest BCUT2D eigenvalue weighted by Crippen LogP contribution is 2.22. The maximum atomic E-state index is 12.3. The van der Waals surface area contributed by atoms with Gasteiger partial charge in [0.1, 0.15) is 0 Å². The molecule has 1 atom stereocenters. The Morgan fingerprint density at radius 3 is 2.84 bits per heavy atom. The molecule has 6 heteroatoms. The molecular weight excluding hydrogens is 246 g/mol. The normalized spacial score (nSPS) is 18.6. The van der Waals surface area contributed by atoms with Crippen LogP contribution >= 0.6 is 0 Å². The lowest BCUT2D eigenvalue weighted by Crippen LogP contribution is -2.30. The van der Waals surface area contributed by atoms with Gasteiger partial charge in [0.2, 0.25) is 0 Å². The predicted octanol–water partition coefficient (Wildman–Crippen LogP) is 1.32. The van der Waals surface area contributed by atoms with Gasteiger partial charge in [0.25, 0.3) is 11.6 Å². The lowest BCUT2D eigenvalue weighted by atomic mass is 10.1. The number of non-ortho nitro benzene ring substituents is 1. The van der Waals surface area contributed by atoms with E-state index >= 15 is 0 Å². The smallest absolute Gasteiger partial charge is 0.269 e. The molecule has 6 nitrogen and oxygen atoms in total. The first-order valence-corrected chi connectivity index (χ1v) is 6.27. The summed E-state index contributed by atoms with van der Waals surface area (Å²) >= 11 is 0. The number of carbonyl (C=O) groups excluding carboxylic acids is 1. The van der Waals surface area contributed by atoms with Crippen molar-refractivity contribution in [1.82, 2.24) is 4.90 Å². The summed E-state index contributed by atoms with van der Waals surface area (Å²) < 4.78 is 0. The van der Waals surface area contributed by atoms with Gasteiger partial charge < -0.3 is 10.6 Å². The van der Waals surface area contributed by atoms with Crippen molar-refractivity contribution in [2.45, 2.75) is 13.3 Å². The molecule has 0 aliphatic carbocycles. The topological polar surface area (TPSA) is 89.5 Å². The Kier molecular flexibility index (Phi) is 3.80. The van der Waals surface area contributed by atoms with Crippen molar-refractivity contribution in [2.24, 2.45) is 11.7 Å². The maximum Gasteiger partial charge on any atom is 0.269 e. The van der Waals surface area contributed by atoms with Crippen LogP contribution in [0.5, 0.6) is 0 Å². The molecule has 19 heavy (non-hydrogen) atoms. The molecule has 1 heterocycles. The summed E-state index contributed by atoms with van der Waals surface area (Å²) in [6, 6.07) is 4.34. The monoisotopic (exact) mass is 263 g/mol. The van der Waals surface area contributed by atoms with E-state index in [4.69, 9.17) is 5.73 Å². The van der Waals surface area contributed by atoms with Gasteiger partial charge in [0, 0.05) is 30.8 Å². The fraction of sp³-hybridized carbons (Fsp3) is 0.462. The lowest BCUT2D eigenvalue weighted by Gasteiger charge is -2.17. The SMILES string of the molecule is Cc1cc([N+](=O)[O-])ccc1C(=O)N1CCC(CN)C1. The number of amides is 1. The van der Waals surface area contributed by atoms with Crippen molar-refractivity contribution in [3.8, 4) is 0 Å². The molecule has 0 bridgehead atoms. The van der Waals surface area contributed by atoms with E-state index in [1.807, 2.05) is 0 Å². The molecule has 1 unspecified atom stereocenters. The number of carbonyl (C=O) groups is 1. The molecular formula is C13H17N3O3. The minimum Gasteiger partial charge on any atom is -0.338 e. The molecule has 0 spiro atoms. The van der Waals surface area contributed by atoms with E-state index in [1.54, 1.807) is 11.8 Å². The van der Waals surface area contributed by atoms with Crippen LogP contribution in [0.15, 0.2) is 18.2 Å². The van der Waals surface area contributed by atoms with Gasteiger partial charge in [-0.25, -0.2) is 0 Å². The number of benzene rings is 1. The van der Waals surface area contributed by atoms with E-state index in [2.05, 4.69) is 0 Å². The van der Waals surface area contributed by atoms with E-state index in [0.717, 1.165) is 6.42 Å². The fourth-order valence-electron chi connectivity index (χ4n) is 2.38. The highest BCUT2D eigenvalue weighted by atomic mass is 16.6. The van der Waals surface area contributed by atoms with Crippen molar-refractivity contribution in [3.05, 3.63) is 39.4 Å². The zero-order valence-corrected chi connectivity index (χ0v) is 10.8. The van der Waals surface area contributed by atoms with Gasteiger partial charge in [-0.15, -0.1) is 0 Å². The Labute approximate surface area is 111 Å². The third kappa shape index (κ3) is 2.73. The number of rotatable bonds is 3. The van der Waals surface area contributed by atoms with Gasteiger partial charge >= 0.3 is 0 Å². The summed E-state index contributed by atoms with van der Waals surface area (Å²) in [5.41, 5.74) is 6.78. The molecule has 0 aromatic heterocycles. The fourth-order valence-corrected chi connectivity index (χ4v) is 2.38. The predicted molar refractivity (Wildman–Crippen MR) is 70.9 cm³/mol. The van der Waals surface area contributed by atoms with Crippen molar-refractivity contribution < 1.29 is 9.72 Å². The van der Waals surface area contributed by atoms with Crippen LogP contribution in [-0.2, 0) is 0 Å². The highest BCUT2D eigenvalue weighted by molar-refractivity contribution is 5.96. The standard InChI is InChI=1S/C13H17N3O3/c1-9-6-11(16(18)19)2-3-12(9)13(17)15-5-4-10(7-14)8-15/h2-3,6,10H,4-5,7-8,14H2,1H3. The molecule has 2 rings (SSSR count). The summed E-state index contributed by atoms with van der Waals surface area (Å²) in [4.78, 5) is 24.3. The number of hydrogen-bond acceptors (Lipinski definition) is 4. The Balaban J connectivity index is 2.18. The second kappa shape index (κ2) is 5.36. The molecule has 1 aliphatic rings. The van der Waals surface area contributed by atoms with Gasteiger partial charge in [-0.3, -0.25) is 14.9 Å². The first-order chi connectivity index (χ1) is 9.02. The van der Waals surface area contributed by atoms with E-state index in [9.17, 15) is 14.9 Å². The first-order valence-electron chi connectivity index (χ1n) is 6.27. The first kappa shape index (κ1) is 13.5. The Morgan fingerprint density at radius 1 is 1.58 bits per heavy atom. The number of hydrogen-bond donors (Lipinski definition) is 1. The van der Waals surface area contributed by atoms with Crippen molar-refractivity contribution in [2.75, 3.05) is 19.6 Å². The number of nitrogens with zero attached hydrogens (tertiary/aromatic N) is 2. The molecule has 102 valence electrons. The van der Waals surface area contributed by atoms with E-state index in [0.29, 0.717) is 36.7 Å². The molecule has 1 aromatic rings. The second-order valence-electron chi connectivity index (χ2n) is 4.90. The van der Waals surface area contributed by atoms with Gasteiger partial charge in [-0.2, -0.15) is 0 Å². The average molecular weight is 263 g/mol. The molecule has 0 radical (unpaired) electrons. The number of nitrogens with two attached hydrogens (primary N) is 1. The van der Waals surface area contributed by atoms with Gasteiger partial charge in [0.15, 0.2) is 0 Å². The zero-order chi connectivity index (χ0) is 14.0. The van der Waals surface area contributed by atoms with Crippen LogP contribution in [0.4, 0.5) is 5.69 Å². The Bertz CT molecular complexity index is 516. The molecule has 1 aliphatic heterocycles. The van der Waals surface area contributed by atoms with Crippen molar-refractivity contribution in [1.29, 1.82) is 0 Å². The average Bonchev–Trinajstić information content (AvgIpc) is 2.86. The maximum absolute atomic E-state index is 12.3. The highest BCUT2D eigenvalue weighted by Gasteiger charge is 2.27. The lowest BCUT2D eigenvalue weighted by molar-refractivity contribution is -0.384. The van der Waals surface area contributed by atoms with Crippen LogP contribution in [0, 0.1) is 23.0 Å². The van der Waals surface area contributed by atoms with Gasteiger partial charge in [0.05, 0.1) is 4.92 Å². The third-order valence-electron chi connectivity index (χ3n) is 3.56. The largest absolute Gasteiger partial charge is 0.338 e. The molecule has 2 N–H and O–H groups in total. The number of nitro benzene ring substituents is 1. The Hall–Kier alpha value is -1.95. The zero-order valence-electron chi connectivity index (χ0n) is 10.8. The minimum absolute atomic E-state index is 0.00954. The number of aryl methyl sites for hydroxylation is 1. The van der Waals surface area contributed by atoms with Crippen LogP contribution in [0.2, 0.25) is 0 Å². The van der Waals surface area contributed by atoms with Crippen LogP contribution in [0.3, 0.4) is 0 Å². The second-order valence-corrected chi connectivity index (χ2v) is 4.90. The summed E-state index contributed by atoms with van der Waals surface area (Å²) in [5, 5.41) is 10.7. The summed E-state index contributed by atoms with van der Waals surface area (Å²) in [6.45, 7) is 3.68. The van der Waals surface area contributed by atoms with E-state index in [1.165, 1.54) is 18.2 Å². The van der Waals surface area contributed by atoms with E-state index in [-0.39, 0.29) is 11.6 Å². The molecule has 1 aromatic carbocycles.